The summed E-state index contributed by atoms with van der Waals surface area (Å²) in [6.07, 6.45) is 2.51. The Bertz CT molecular complexity index is 762. The molecule has 0 amide bonds. The largest absolute Gasteiger partial charge is 0.442 e. The molecule has 0 bridgehead atoms. The van der Waals surface area contributed by atoms with Crippen molar-refractivity contribution in [2.45, 2.75) is 136 Å². The van der Waals surface area contributed by atoms with Gasteiger partial charge in [0.1, 0.15) is 8.16 Å². The average molecular weight is 639 g/mol. The fourth-order valence-electron chi connectivity index (χ4n) is 4.71. The van der Waals surface area contributed by atoms with Crippen LogP contribution in [0, 0.1) is 11.8 Å². The molecule has 0 aliphatic rings. The first-order valence-electron chi connectivity index (χ1n) is 13.8. The zero-order chi connectivity index (χ0) is 31.0. The van der Waals surface area contributed by atoms with E-state index in [1.165, 1.54) is 12.2 Å². The summed E-state index contributed by atoms with van der Waals surface area (Å²) in [6.45, 7) is 37.5. The number of thioether (sulfide) groups is 5. The van der Waals surface area contributed by atoms with Crippen LogP contribution in [0.25, 0.3) is 0 Å². The Kier molecular flexibility index (Phi) is 16.2. The van der Waals surface area contributed by atoms with Gasteiger partial charge in [0, 0.05) is 45.0 Å². The first-order chi connectivity index (χ1) is 17.7. The second-order valence-corrected chi connectivity index (χ2v) is 21.5. The molecule has 0 heterocycles. The number of carbonyl (C=O) groups is 2. The summed E-state index contributed by atoms with van der Waals surface area (Å²) in [5.41, 5.74) is 0. The van der Waals surface area contributed by atoms with E-state index in [9.17, 15) is 9.59 Å². The van der Waals surface area contributed by atoms with Gasteiger partial charge in [-0.2, -0.15) is 0 Å². The van der Waals surface area contributed by atoms with Gasteiger partial charge < -0.3 is 9.47 Å². The summed E-state index contributed by atoms with van der Waals surface area (Å²) in [5.74, 6) is -0.910. The van der Waals surface area contributed by atoms with Gasteiger partial charge in [-0.15, -0.1) is 58.8 Å². The van der Waals surface area contributed by atoms with E-state index in [1.807, 2.05) is 0 Å². The maximum absolute atomic E-state index is 13.0. The van der Waals surface area contributed by atoms with Gasteiger partial charge in [0.15, 0.2) is 9.87 Å². The molecular weight excluding hydrogens is 585 g/mol. The van der Waals surface area contributed by atoms with E-state index in [2.05, 4.69) is 110 Å². The van der Waals surface area contributed by atoms with E-state index >= 15 is 0 Å². The third kappa shape index (κ3) is 10.1. The minimum absolute atomic E-state index is 0.0206. The van der Waals surface area contributed by atoms with Gasteiger partial charge in [0.05, 0.1) is 0 Å². The molecule has 0 radical (unpaired) electrons. The number of carbonyl (C=O) groups excluding carboxylic acids is 2. The van der Waals surface area contributed by atoms with E-state index in [0.29, 0.717) is 0 Å². The number of ether oxygens (including phenoxy) is 2. The lowest BCUT2D eigenvalue weighted by Gasteiger charge is -2.57. The molecule has 0 fully saturated rings. The van der Waals surface area contributed by atoms with Crippen molar-refractivity contribution in [2.75, 3.05) is 0 Å². The summed E-state index contributed by atoms with van der Waals surface area (Å²) in [5, 5.41) is 0.873. The first-order valence-corrected chi connectivity index (χ1v) is 18.1. The molecule has 228 valence electrons. The molecule has 0 aliphatic carbocycles. The van der Waals surface area contributed by atoms with E-state index < -0.39 is 30.0 Å². The lowest BCUT2D eigenvalue weighted by atomic mass is 10.0. The third-order valence-corrected chi connectivity index (χ3v) is 14.8. The van der Waals surface area contributed by atoms with Gasteiger partial charge >= 0.3 is 11.9 Å². The van der Waals surface area contributed by atoms with Crippen LogP contribution in [0.5, 0.6) is 0 Å². The van der Waals surface area contributed by atoms with Gasteiger partial charge in [0.25, 0.3) is 0 Å². The van der Waals surface area contributed by atoms with Crippen LogP contribution in [0.15, 0.2) is 25.3 Å². The van der Waals surface area contributed by atoms with E-state index in [-0.39, 0.29) is 32.8 Å². The van der Waals surface area contributed by atoms with Crippen LogP contribution in [-0.2, 0) is 19.1 Å². The van der Waals surface area contributed by atoms with Crippen molar-refractivity contribution < 1.29 is 19.1 Å². The highest BCUT2D eigenvalue weighted by atomic mass is 32.2. The molecule has 0 rings (SSSR count). The predicted molar refractivity (Wildman–Crippen MR) is 183 cm³/mol. The molecule has 9 heteroatoms. The first kappa shape index (κ1) is 39.2. The zero-order valence-electron chi connectivity index (χ0n) is 26.7. The van der Waals surface area contributed by atoms with Crippen molar-refractivity contribution in [3.63, 3.8) is 0 Å². The van der Waals surface area contributed by atoms with Crippen LogP contribution < -0.4 is 0 Å². The summed E-state index contributed by atoms with van der Waals surface area (Å²) in [4.78, 5) is 24.1. The molecule has 0 aromatic rings. The predicted octanol–water partition coefficient (Wildman–Crippen LogP) is 9.88. The number of hydrogen-bond acceptors (Lipinski definition) is 9. The molecule has 0 spiro atoms. The molecule has 4 atom stereocenters. The van der Waals surface area contributed by atoms with Crippen LogP contribution in [0.1, 0.15) is 96.9 Å². The molecule has 0 aromatic heterocycles. The normalized spacial score (nSPS) is 18.6. The Morgan fingerprint density at radius 2 is 0.821 bits per heavy atom. The lowest BCUT2D eigenvalue weighted by Crippen LogP contribution is -2.60. The molecule has 0 aliphatic heterocycles. The molecular formula is C30H54O4S5. The van der Waals surface area contributed by atoms with Crippen LogP contribution in [0.2, 0.25) is 0 Å². The van der Waals surface area contributed by atoms with Gasteiger partial charge in [-0.1, -0.05) is 96.2 Å². The van der Waals surface area contributed by atoms with Crippen molar-refractivity contribution in [1.82, 2.24) is 0 Å². The number of hydrogen-bond donors (Lipinski definition) is 0. The summed E-state index contributed by atoms with van der Waals surface area (Å²) >= 11 is 8.75. The van der Waals surface area contributed by atoms with E-state index in [4.69, 9.17) is 9.47 Å². The molecule has 39 heavy (non-hydrogen) atoms. The summed E-state index contributed by atoms with van der Waals surface area (Å²) in [6, 6.07) is 0. The van der Waals surface area contributed by atoms with Gasteiger partial charge in [-0.05, 0) is 13.8 Å². The van der Waals surface area contributed by atoms with Crippen molar-refractivity contribution in [3.8, 4) is 0 Å². The van der Waals surface area contributed by atoms with Crippen LogP contribution in [0.4, 0.5) is 0 Å². The molecule has 0 N–H and O–H groups in total. The SMILES string of the molecule is C=CC(=O)OC(SC(C)C)(C(C)C)C(C)(SC(C)C)SC(C)(SC(C)C)C(OC(=O)C=C)(SC(C)C)C(C)C. The fraction of sp³-hybridized carbons (Fsp3) is 0.800. The third-order valence-electron chi connectivity index (χ3n) is 5.76. The van der Waals surface area contributed by atoms with Crippen LogP contribution >= 0.6 is 58.8 Å². The highest BCUT2D eigenvalue weighted by Crippen LogP contribution is 2.68. The molecule has 0 saturated heterocycles. The van der Waals surface area contributed by atoms with Gasteiger partial charge in [0.2, 0.25) is 0 Å². The van der Waals surface area contributed by atoms with Crippen molar-refractivity contribution >= 4 is 70.7 Å². The minimum Gasteiger partial charge on any atom is -0.442 e. The topological polar surface area (TPSA) is 52.6 Å². The van der Waals surface area contributed by atoms with Gasteiger partial charge in [-0.25, -0.2) is 9.59 Å². The van der Waals surface area contributed by atoms with Crippen molar-refractivity contribution in [1.29, 1.82) is 0 Å². The van der Waals surface area contributed by atoms with Crippen molar-refractivity contribution in [2.24, 2.45) is 11.8 Å². The second-order valence-electron chi connectivity index (χ2n) is 11.6. The maximum Gasteiger partial charge on any atom is 0.331 e. The quantitative estimate of drug-likeness (QED) is 0.0829. The maximum atomic E-state index is 13.0. The standard InChI is InChI=1S/C30H54O4S5/c1-17-25(31)33-29(19(3)4,37-23(11)12)27(15,35-21(7)8)39-28(16,36-22(9)10)30(20(5)6,38-24(13)14)34-26(32)18-2/h17-24H,1-2H2,3-16H3. The number of esters is 2. The Balaban J connectivity index is 7.75. The Labute approximate surface area is 261 Å². The molecule has 0 saturated carbocycles. The van der Waals surface area contributed by atoms with Crippen LogP contribution in [-0.4, -0.2) is 51.0 Å². The Hall–Kier alpha value is 0.170. The summed E-state index contributed by atoms with van der Waals surface area (Å²) in [7, 11) is 0. The minimum atomic E-state index is -0.904. The highest BCUT2D eigenvalue weighted by molar-refractivity contribution is 8.27. The molecule has 4 unspecified atom stereocenters. The monoisotopic (exact) mass is 638 g/mol. The number of rotatable bonds is 18. The Morgan fingerprint density at radius 1 is 0.564 bits per heavy atom. The molecule has 4 nitrogen and oxygen atoms in total. The fourth-order valence-corrected chi connectivity index (χ4v) is 15.4. The second kappa shape index (κ2) is 16.1. The van der Waals surface area contributed by atoms with Crippen LogP contribution in [0.3, 0.4) is 0 Å². The van der Waals surface area contributed by atoms with E-state index in [1.54, 1.807) is 58.8 Å². The zero-order valence-corrected chi connectivity index (χ0v) is 30.8. The highest BCUT2D eigenvalue weighted by Gasteiger charge is 2.64. The molecule has 0 aromatic carbocycles. The smallest absolute Gasteiger partial charge is 0.331 e. The lowest BCUT2D eigenvalue weighted by molar-refractivity contribution is -0.148. The van der Waals surface area contributed by atoms with E-state index in [0.717, 1.165) is 0 Å². The van der Waals surface area contributed by atoms with Crippen molar-refractivity contribution in [3.05, 3.63) is 25.3 Å². The summed E-state index contributed by atoms with van der Waals surface area (Å²) < 4.78 is 11.6. The van der Waals surface area contributed by atoms with Gasteiger partial charge in [-0.3, -0.25) is 0 Å². The average Bonchev–Trinajstić information content (AvgIpc) is 2.75. The Morgan fingerprint density at radius 3 is 1.00 bits per heavy atom.